The Morgan fingerprint density at radius 1 is 0.867 bits per heavy atom. The van der Waals surface area contributed by atoms with Crippen molar-refractivity contribution in [3.8, 4) is 23.0 Å². The van der Waals surface area contributed by atoms with E-state index in [0.717, 1.165) is 16.7 Å². The van der Waals surface area contributed by atoms with Crippen molar-refractivity contribution < 1.29 is 38.0 Å². The molecule has 0 spiro atoms. The van der Waals surface area contributed by atoms with Crippen molar-refractivity contribution in [2.75, 3.05) is 27.8 Å². The number of fused-ring (bicyclic) bond motifs is 3. The van der Waals surface area contributed by atoms with Crippen molar-refractivity contribution in [2.24, 2.45) is 5.92 Å². The molecule has 2 atom stereocenters. The quantitative estimate of drug-likeness (QED) is 0.714. The van der Waals surface area contributed by atoms with Crippen LogP contribution in [-0.2, 0) is 19.1 Å². The number of esters is 2. The van der Waals surface area contributed by atoms with Crippen LogP contribution in [0.3, 0.4) is 0 Å². The van der Waals surface area contributed by atoms with Gasteiger partial charge in [0.25, 0.3) is 0 Å². The summed E-state index contributed by atoms with van der Waals surface area (Å²) in [4.78, 5) is 25.5. The van der Waals surface area contributed by atoms with Gasteiger partial charge in [-0.2, -0.15) is 0 Å². The standard InChI is InChI=1S/C22H18O8/c1-25-21(23)14-5-12-7-17-18(30-10-29-17)8-13(12)19(20(14)22(24)26-2)11-3-4-15-16(6-11)28-9-27-15/h3-8,19-20H,9-10H2,1-2H3/t19-,20+/m1/s1. The predicted molar refractivity (Wildman–Crippen MR) is 102 cm³/mol. The normalized spacial score (nSPS) is 20.3. The Kier molecular flexibility index (Phi) is 4.27. The molecular formula is C22H18O8. The lowest BCUT2D eigenvalue weighted by Gasteiger charge is -2.32. The fourth-order valence-electron chi connectivity index (χ4n) is 4.16. The second-order valence-electron chi connectivity index (χ2n) is 7.02. The van der Waals surface area contributed by atoms with Crippen LogP contribution in [0.4, 0.5) is 0 Å². The highest BCUT2D eigenvalue weighted by molar-refractivity contribution is 6.02. The van der Waals surface area contributed by atoms with Crippen LogP contribution >= 0.6 is 0 Å². The number of carbonyl (C=O) groups is 2. The van der Waals surface area contributed by atoms with E-state index in [4.69, 9.17) is 28.4 Å². The molecule has 0 aromatic heterocycles. The van der Waals surface area contributed by atoms with Crippen LogP contribution in [0.25, 0.3) is 6.08 Å². The zero-order valence-corrected chi connectivity index (χ0v) is 16.3. The zero-order valence-electron chi connectivity index (χ0n) is 16.3. The first-order valence-electron chi connectivity index (χ1n) is 9.31. The second-order valence-corrected chi connectivity index (χ2v) is 7.02. The highest BCUT2D eigenvalue weighted by Gasteiger charge is 2.43. The van der Waals surface area contributed by atoms with Crippen LogP contribution in [0.2, 0.25) is 0 Å². The molecule has 154 valence electrons. The highest BCUT2D eigenvalue weighted by atomic mass is 16.7. The summed E-state index contributed by atoms with van der Waals surface area (Å²) in [6, 6.07) is 9.09. The van der Waals surface area contributed by atoms with Gasteiger partial charge >= 0.3 is 11.9 Å². The second kappa shape index (κ2) is 6.98. The van der Waals surface area contributed by atoms with E-state index >= 15 is 0 Å². The number of carbonyl (C=O) groups excluding carboxylic acids is 2. The molecular weight excluding hydrogens is 392 g/mol. The number of hydrogen-bond acceptors (Lipinski definition) is 8. The minimum absolute atomic E-state index is 0.112. The van der Waals surface area contributed by atoms with Crippen molar-refractivity contribution in [2.45, 2.75) is 5.92 Å². The van der Waals surface area contributed by atoms with E-state index in [9.17, 15) is 9.59 Å². The average molecular weight is 410 g/mol. The van der Waals surface area contributed by atoms with Gasteiger partial charge in [-0.3, -0.25) is 4.79 Å². The van der Waals surface area contributed by atoms with Crippen molar-refractivity contribution in [1.82, 2.24) is 0 Å². The van der Waals surface area contributed by atoms with Crippen LogP contribution in [0.5, 0.6) is 23.0 Å². The Balaban J connectivity index is 1.74. The van der Waals surface area contributed by atoms with E-state index in [-0.39, 0.29) is 19.2 Å². The molecule has 0 amide bonds. The first kappa shape index (κ1) is 18.4. The SMILES string of the molecule is COC(=O)C1=Cc2cc3c(cc2[C@@H](c2ccc4c(c2)OCO4)[C@H]1C(=O)OC)OCO3. The molecule has 5 rings (SSSR count). The van der Waals surface area contributed by atoms with Crippen LogP contribution < -0.4 is 18.9 Å². The van der Waals surface area contributed by atoms with E-state index in [1.54, 1.807) is 18.2 Å². The topological polar surface area (TPSA) is 89.5 Å². The van der Waals surface area contributed by atoms with Gasteiger partial charge in [-0.15, -0.1) is 0 Å². The molecule has 2 aromatic carbocycles. The third kappa shape index (κ3) is 2.75. The van der Waals surface area contributed by atoms with Crippen LogP contribution in [0.1, 0.15) is 22.6 Å². The Hall–Kier alpha value is -3.68. The van der Waals surface area contributed by atoms with Gasteiger partial charge in [0.1, 0.15) is 0 Å². The first-order valence-corrected chi connectivity index (χ1v) is 9.31. The Morgan fingerprint density at radius 2 is 1.53 bits per heavy atom. The summed E-state index contributed by atoms with van der Waals surface area (Å²) in [5, 5.41) is 0. The lowest BCUT2D eigenvalue weighted by atomic mass is 9.71. The fourth-order valence-corrected chi connectivity index (χ4v) is 4.16. The van der Waals surface area contributed by atoms with Gasteiger partial charge in [0.05, 0.1) is 25.7 Å². The molecule has 8 nitrogen and oxygen atoms in total. The minimum Gasteiger partial charge on any atom is -0.469 e. The number of rotatable bonds is 3. The van der Waals surface area contributed by atoms with Gasteiger partial charge < -0.3 is 28.4 Å². The molecule has 0 unspecified atom stereocenters. The van der Waals surface area contributed by atoms with Crippen LogP contribution in [-0.4, -0.2) is 39.7 Å². The molecule has 0 N–H and O–H groups in total. The smallest absolute Gasteiger partial charge is 0.334 e. The monoisotopic (exact) mass is 410 g/mol. The molecule has 2 heterocycles. The highest BCUT2D eigenvalue weighted by Crippen LogP contribution is 2.49. The molecule has 3 aliphatic rings. The first-order chi connectivity index (χ1) is 14.6. The lowest BCUT2D eigenvalue weighted by Crippen LogP contribution is -2.32. The lowest BCUT2D eigenvalue weighted by molar-refractivity contribution is -0.147. The summed E-state index contributed by atoms with van der Waals surface area (Å²) < 4.78 is 32.0. The number of methoxy groups -OCH3 is 2. The van der Waals surface area contributed by atoms with Crippen LogP contribution in [0, 0.1) is 5.92 Å². The predicted octanol–water partition coefficient (Wildman–Crippen LogP) is 2.64. The van der Waals surface area contributed by atoms with Gasteiger partial charge in [0.15, 0.2) is 23.0 Å². The van der Waals surface area contributed by atoms with E-state index in [1.807, 2.05) is 18.2 Å². The molecule has 8 heteroatoms. The van der Waals surface area contributed by atoms with E-state index in [1.165, 1.54) is 14.2 Å². The third-order valence-corrected chi connectivity index (χ3v) is 5.52. The summed E-state index contributed by atoms with van der Waals surface area (Å²) >= 11 is 0. The number of ether oxygens (including phenoxy) is 6. The summed E-state index contributed by atoms with van der Waals surface area (Å²) in [5.41, 5.74) is 2.52. The maximum Gasteiger partial charge on any atom is 0.334 e. The number of hydrogen-bond donors (Lipinski definition) is 0. The van der Waals surface area contributed by atoms with Crippen molar-refractivity contribution in [1.29, 1.82) is 0 Å². The number of benzene rings is 2. The van der Waals surface area contributed by atoms with Gasteiger partial charge in [-0.25, -0.2) is 4.79 Å². The summed E-state index contributed by atoms with van der Waals surface area (Å²) in [7, 11) is 2.57. The van der Waals surface area contributed by atoms with Gasteiger partial charge in [0.2, 0.25) is 13.6 Å². The Labute approximate surface area is 171 Å². The molecule has 2 aromatic rings. The van der Waals surface area contributed by atoms with Crippen molar-refractivity contribution >= 4 is 18.0 Å². The summed E-state index contributed by atoms with van der Waals surface area (Å²) in [5.74, 6) is -0.220. The maximum atomic E-state index is 12.9. The Morgan fingerprint density at radius 3 is 2.23 bits per heavy atom. The van der Waals surface area contributed by atoms with E-state index in [0.29, 0.717) is 23.0 Å². The molecule has 0 radical (unpaired) electrons. The van der Waals surface area contributed by atoms with Crippen molar-refractivity contribution in [3.63, 3.8) is 0 Å². The van der Waals surface area contributed by atoms with Gasteiger partial charge in [-0.1, -0.05) is 6.07 Å². The molecule has 0 bridgehead atoms. The van der Waals surface area contributed by atoms with E-state index in [2.05, 4.69) is 0 Å². The third-order valence-electron chi connectivity index (χ3n) is 5.52. The summed E-state index contributed by atoms with van der Waals surface area (Å²) in [6.07, 6.45) is 1.65. The zero-order chi connectivity index (χ0) is 20.8. The average Bonchev–Trinajstić information content (AvgIpc) is 3.43. The largest absolute Gasteiger partial charge is 0.469 e. The minimum atomic E-state index is -0.907. The molecule has 30 heavy (non-hydrogen) atoms. The molecule has 1 aliphatic carbocycles. The summed E-state index contributed by atoms with van der Waals surface area (Å²) in [6.45, 7) is 0.243. The maximum absolute atomic E-state index is 12.9. The molecule has 2 aliphatic heterocycles. The van der Waals surface area contributed by atoms with E-state index < -0.39 is 23.8 Å². The molecule has 0 fully saturated rings. The van der Waals surface area contributed by atoms with Crippen molar-refractivity contribution in [3.05, 3.63) is 52.6 Å². The molecule has 0 saturated heterocycles. The fraction of sp³-hybridized carbons (Fsp3) is 0.273. The Bertz CT molecular complexity index is 1090. The van der Waals surface area contributed by atoms with Crippen LogP contribution in [0.15, 0.2) is 35.9 Å². The van der Waals surface area contributed by atoms with Gasteiger partial charge in [-0.05, 0) is 47.0 Å². The van der Waals surface area contributed by atoms with Gasteiger partial charge in [0, 0.05) is 5.92 Å². The molecule has 0 saturated carbocycles.